The third kappa shape index (κ3) is 43.7. The second kappa shape index (κ2) is 24.9. The van der Waals surface area contributed by atoms with E-state index in [-0.39, 0.29) is 12.2 Å². The SMILES string of the molecule is CC(O)C[N+](C)(C)CC(C)O.CCCCCCCCCCCCCCCC(=O)O.COS(=O)(=O)[O-]. The predicted octanol–water partition coefficient (Wildman–Crippen LogP) is 4.47. The van der Waals surface area contributed by atoms with Gasteiger partial charge in [-0.3, -0.25) is 8.98 Å². The quantitative estimate of drug-likeness (QED) is 0.0962. The third-order valence-electron chi connectivity index (χ3n) is 5.22. The van der Waals surface area contributed by atoms with E-state index >= 15 is 0 Å². The molecule has 0 heterocycles. The van der Waals surface area contributed by atoms with E-state index in [2.05, 4.69) is 11.1 Å². The standard InChI is InChI=1S/C16H32O2.C8H20NO2.CH4O4S/c1-2-3-4-5-6-7-8-9-10-11-12-13-14-15-16(17)18;1-7(10)5-9(3,4)6-8(2)11;1-5-6(2,3)4/h2-15H2,1H3,(H,17,18);7-8,10-11H,5-6H2,1-4H3;1H3,(H,2,3,4)/q;+1;/p-1. The Balaban J connectivity index is -0.000000509. The average molecular weight is 530 g/mol. The van der Waals surface area contributed by atoms with E-state index in [0.29, 0.717) is 24.0 Å². The van der Waals surface area contributed by atoms with E-state index in [0.717, 1.165) is 20.0 Å². The Labute approximate surface area is 215 Å². The summed E-state index contributed by atoms with van der Waals surface area (Å²) in [7, 11) is 0.395. The van der Waals surface area contributed by atoms with Crippen LogP contribution in [0.3, 0.4) is 0 Å². The number of aliphatic hydroxyl groups is 2. The smallest absolute Gasteiger partial charge is 0.303 e. The van der Waals surface area contributed by atoms with Crippen molar-refractivity contribution in [3.8, 4) is 0 Å². The van der Waals surface area contributed by atoms with Gasteiger partial charge in [0.15, 0.2) is 0 Å². The van der Waals surface area contributed by atoms with Gasteiger partial charge in [0.1, 0.15) is 25.3 Å². The van der Waals surface area contributed by atoms with Gasteiger partial charge in [-0.1, -0.05) is 84.0 Å². The summed E-state index contributed by atoms with van der Waals surface area (Å²) in [6.45, 7) is 7.16. The minimum atomic E-state index is -4.41. The molecule has 0 aromatic heterocycles. The van der Waals surface area contributed by atoms with Crippen LogP contribution in [0.25, 0.3) is 0 Å². The second-order valence-corrected chi connectivity index (χ2v) is 11.1. The van der Waals surface area contributed by atoms with E-state index in [9.17, 15) is 17.8 Å². The van der Waals surface area contributed by atoms with Crippen molar-refractivity contribution in [1.29, 1.82) is 0 Å². The molecule has 0 radical (unpaired) electrons. The highest BCUT2D eigenvalue weighted by molar-refractivity contribution is 7.80. The largest absolute Gasteiger partial charge is 0.726 e. The first-order chi connectivity index (χ1) is 16.2. The molecule has 0 aliphatic heterocycles. The molecule has 214 valence electrons. The summed E-state index contributed by atoms with van der Waals surface area (Å²) >= 11 is 0. The second-order valence-electron chi connectivity index (χ2n) is 9.96. The molecule has 0 spiro atoms. The molecule has 35 heavy (non-hydrogen) atoms. The minimum absolute atomic E-state index is 0.302. The molecule has 0 fully saturated rings. The Kier molecular flexibility index (Phi) is 27.6. The number of aliphatic carboxylic acids is 1. The Morgan fingerprint density at radius 3 is 1.31 bits per heavy atom. The summed E-state index contributed by atoms with van der Waals surface area (Å²) in [5.74, 6) is -0.655. The van der Waals surface area contributed by atoms with Crippen molar-refractivity contribution >= 4 is 16.4 Å². The van der Waals surface area contributed by atoms with Crippen molar-refractivity contribution in [2.45, 2.75) is 123 Å². The molecule has 0 aromatic carbocycles. The molecule has 0 aromatic rings. The van der Waals surface area contributed by atoms with E-state index in [1.165, 1.54) is 70.6 Å². The summed E-state index contributed by atoms with van der Waals surface area (Å²) in [5, 5.41) is 26.7. The highest BCUT2D eigenvalue weighted by atomic mass is 32.3. The zero-order valence-corrected chi connectivity index (χ0v) is 24.0. The number of quaternary nitrogens is 1. The highest BCUT2D eigenvalue weighted by Gasteiger charge is 2.19. The van der Waals surface area contributed by atoms with Gasteiger partial charge in [-0.05, 0) is 20.3 Å². The fraction of sp³-hybridized carbons (Fsp3) is 0.960. The first-order valence-corrected chi connectivity index (χ1v) is 14.4. The van der Waals surface area contributed by atoms with E-state index < -0.39 is 16.4 Å². The number of carbonyl (C=O) groups is 1. The maximum Gasteiger partial charge on any atom is 0.303 e. The van der Waals surface area contributed by atoms with Gasteiger partial charge in [0.25, 0.3) is 0 Å². The van der Waals surface area contributed by atoms with Gasteiger partial charge in [0, 0.05) is 6.42 Å². The first kappa shape index (κ1) is 38.7. The molecule has 0 bridgehead atoms. The predicted molar refractivity (Wildman–Crippen MR) is 140 cm³/mol. The summed E-state index contributed by atoms with van der Waals surface area (Å²) < 4.78 is 31.7. The minimum Gasteiger partial charge on any atom is -0.726 e. The Bertz CT molecular complexity index is 554. The van der Waals surface area contributed by atoms with Crippen molar-refractivity contribution in [2.75, 3.05) is 34.3 Å². The molecule has 0 saturated heterocycles. The van der Waals surface area contributed by atoms with Crippen molar-refractivity contribution in [3.05, 3.63) is 0 Å². The van der Waals surface area contributed by atoms with Crippen LogP contribution in [0.5, 0.6) is 0 Å². The van der Waals surface area contributed by atoms with Crippen LogP contribution in [-0.2, 0) is 19.4 Å². The Morgan fingerprint density at radius 2 is 1.09 bits per heavy atom. The van der Waals surface area contributed by atoms with Crippen LogP contribution in [0.2, 0.25) is 0 Å². The van der Waals surface area contributed by atoms with Gasteiger partial charge in [0.2, 0.25) is 10.4 Å². The number of hydrogen-bond acceptors (Lipinski definition) is 7. The van der Waals surface area contributed by atoms with E-state index in [1.54, 1.807) is 13.8 Å². The van der Waals surface area contributed by atoms with Gasteiger partial charge in [-0.15, -0.1) is 0 Å². The van der Waals surface area contributed by atoms with Crippen molar-refractivity contribution < 1.29 is 41.8 Å². The fourth-order valence-electron chi connectivity index (χ4n) is 3.80. The third-order valence-corrected chi connectivity index (χ3v) is 5.62. The highest BCUT2D eigenvalue weighted by Crippen LogP contribution is 2.12. The first-order valence-electron chi connectivity index (χ1n) is 13.1. The molecular weight excluding hydrogens is 474 g/mol. The van der Waals surface area contributed by atoms with Gasteiger partial charge in [-0.25, -0.2) is 8.42 Å². The van der Waals surface area contributed by atoms with E-state index in [4.69, 9.17) is 15.3 Å². The molecule has 3 N–H and O–H groups in total. The van der Waals surface area contributed by atoms with Crippen LogP contribution in [0.1, 0.15) is 111 Å². The molecule has 0 aliphatic rings. The van der Waals surface area contributed by atoms with Crippen molar-refractivity contribution in [3.63, 3.8) is 0 Å². The number of carboxylic acids is 1. The van der Waals surface area contributed by atoms with Crippen LogP contribution >= 0.6 is 0 Å². The Morgan fingerprint density at radius 1 is 0.800 bits per heavy atom. The fourth-order valence-corrected chi connectivity index (χ4v) is 3.80. The van der Waals surface area contributed by atoms with Crippen molar-refractivity contribution in [1.82, 2.24) is 0 Å². The zero-order valence-electron chi connectivity index (χ0n) is 23.2. The summed E-state index contributed by atoms with van der Waals surface area (Å²) in [6.07, 6.45) is 16.7. The number of aliphatic hydroxyl groups excluding tert-OH is 2. The Hall–Kier alpha value is -0.780. The summed E-state index contributed by atoms with van der Waals surface area (Å²) in [4.78, 5) is 10.3. The van der Waals surface area contributed by atoms with Crippen LogP contribution < -0.4 is 0 Å². The number of hydrogen-bond donors (Lipinski definition) is 3. The van der Waals surface area contributed by atoms with Gasteiger partial charge in [0.05, 0.1) is 21.2 Å². The monoisotopic (exact) mass is 529 g/mol. The maximum absolute atomic E-state index is 10.3. The molecule has 2 atom stereocenters. The molecule has 0 rings (SSSR count). The van der Waals surface area contributed by atoms with Gasteiger partial charge >= 0.3 is 5.97 Å². The molecule has 10 heteroatoms. The van der Waals surface area contributed by atoms with Gasteiger partial charge in [-0.2, -0.15) is 0 Å². The number of carboxylic acid groups (broad SMARTS) is 1. The lowest BCUT2D eigenvalue weighted by Crippen LogP contribution is -2.48. The summed E-state index contributed by atoms with van der Waals surface area (Å²) in [5.41, 5.74) is 0. The summed E-state index contributed by atoms with van der Waals surface area (Å²) in [6, 6.07) is 0. The molecule has 0 saturated carbocycles. The van der Waals surface area contributed by atoms with Crippen LogP contribution in [0.15, 0.2) is 0 Å². The average Bonchev–Trinajstić information content (AvgIpc) is 2.69. The number of likely N-dealkylation sites (N-methyl/N-ethyl adjacent to an activating group) is 1. The van der Waals surface area contributed by atoms with Crippen molar-refractivity contribution in [2.24, 2.45) is 0 Å². The van der Waals surface area contributed by atoms with Crippen LogP contribution in [0, 0.1) is 0 Å². The van der Waals surface area contributed by atoms with Crippen LogP contribution in [0.4, 0.5) is 0 Å². The molecule has 0 aliphatic carbocycles. The lowest BCUT2D eigenvalue weighted by molar-refractivity contribution is -0.895. The lowest BCUT2D eigenvalue weighted by atomic mass is 10.0. The molecule has 0 amide bonds. The number of unbranched alkanes of at least 4 members (excludes halogenated alkanes) is 12. The topological polar surface area (TPSA) is 144 Å². The number of rotatable bonds is 19. The zero-order chi connectivity index (χ0) is 27.8. The molecule has 9 nitrogen and oxygen atoms in total. The maximum atomic E-state index is 10.3. The normalized spacial score (nSPS) is 13.2. The molecular formula is C25H55NO8S. The lowest BCUT2D eigenvalue weighted by Gasteiger charge is -2.31. The van der Waals surface area contributed by atoms with Crippen LogP contribution in [-0.4, -0.2) is 85.2 Å². The number of nitrogens with zero attached hydrogens (tertiary/aromatic N) is 1. The van der Waals surface area contributed by atoms with E-state index in [1.807, 2.05) is 14.1 Å². The van der Waals surface area contributed by atoms with Gasteiger partial charge < -0.3 is 24.4 Å². The molecule has 2 unspecified atom stereocenters.